The van der Waals surface area contributed by atoms with Crippen molar-refractivity contribution in [2.75, 3.05) is 7.05 Å². The Morgan fingerprint density at radius 2 is 1.94 bits per heavy atom. The number of benzene rings is 1. The summed E-state index contributed by atoms with van der Waals surface area (Å²) >= 11 is 5.74. The molecule has 1 atom stereocenters. The molecule has 0 aliphatic heterocycles. The van der Waals surface area contributed by atoms with Crippen LogP contribution in [0.15, 0.2) is 30.6 Å². The van der Waals surface area contributed by atoms with Gasteiger partial charge in [-0.1, -0.05) is 17.7 Å². The lowest BCUT2D eigenvalue weighted by atomic mass is 10.1. The molecule has 0 bridgehead atoms. The van der Waals surface area contributed by atoms with Crippen molar-refractivity contribution in [1.29, 1.82) is 0 Å². The Morgan fingerprint density at radius 1 is 1.28 bits per heavy atom. The largest absolute Gasteiger partial charge is 0.307 e. The molecule has 5 heteroatoms. The molecule has 2 rings (SSSR count). The van der Waals surface area contributed by atoms with Gasteiger partial charge in [-0.2, -0.15) is 0 Å². The Kier molecular flexibility index (Phi) is 3.89. The molecule has 1 unspecified atom stereocenters. The summed E-state index contributed by atoms with van der Waals surface area (Å²) in [6.45, 7) is 1.90. The van der Waals surface area contributed by atoms with E-state index in [2.05, 4.69) is 15.3 Å². The Labute approximate surface area is 110 Å². The van der Waals surface area contributed by atoms with Crippen LogP contribution in [0.1, 0.15) is 23.0 Å². The zero-order valence-electron chi connectivity index (χ0n) is 10.1. The van der Waals surface area contributed by atoms with Crippen LogP contribution in [0.3, 0.4) is 0 Å². The summed E-state index contributed by atoms with van der Waals surface area (Å²) in [4.78, 5) is 8.43. The first-order valence-electron chi connectivity index (χ1n) is 5.52. The fraction of sp³-hybridized carbons (Fsp3) is 0.231. The molecular formula is C13H13ClFN3. The van der Waals surface area contributed by atoms with Crippen LogP contribution >= 0.6 is 11.6 Å². The Balaban J connectivity index is 2.41. The summed E-state index contributed by atoms with van der Waals surface area (Å²) in [5.41, 5.74) is 1.44. The van der Waals surface area contributed by atoms with E-state index in [1.807, 2.05) is 6.92 Å². The molecule has 1 aromatic heterocycles. The van der Waals surface area contributed by atoms with E-state index < -0.39 is 0 Å². The van der Waals surface area contributed by atoms with Crippen LogP contribution in [0.25, 0.3) is 0 Å². The van der Waals surface area contributed by atoms with Gasteiger partial charge in [0.15, 0.2) is 0 Å². The first-order chi connectivity index (χ1) is 8.61. The number of aromatic nitrogens is 2. The average Bonchev–Trinajstić information content (AvgIpc) is 2.35. The highest BCUT2D eigenvalue weighted by Crippen LogP contribution is 2.23. The number of rotatable bonds is 3. The molecule has 0 radical (unpaired) electrons. The second kappa shape index (κ2) is 5.42. The third-order valence-electron chi connectivity index (χ3n) is 2.62. The summed E-state index contributed by atoms with van der Waals surface area (Å²) in [7, 11) is 1.74. The van der Waals surface area contributed by atoms with Crippen LogP contribution in [-0.2, 0) is 0 Å². The van der Waals surface area contributed by atoms with E-state index in [0.717, 1.165) is 5.56 Å². The highest BCUT2D eigenvalue weighted by atomic mass is 35.5. The molecule has 0 aliphatic carbocycles. The third-order valence-corrected chi connectivity index (χ3v) is 2.86. The van der Waals surface area contributed by atoms with Crippen molar-refractivity contribution in [3.63, 3.8) is 0 Å². The van der Waals surface area contributed by atoms with Crippen molar-refractivity contribution >= 4 is 11.6 Å². The maximum absolute atomic E-state index is 13.9. The molecule has 0 saturated heterocycles. The topological polar surface area (TPSA) is 37.8 Å². The molecule has 2 aromatic rings. The van der Waals surface area contributed by atoms with Gasteiger partial charge in [-0.05, 0) is 31.7 Å². The zero-order valence-corrected chi connectivity index (χ0v) is 10.9. The molecule has 3 nitrogen and oxygen atoms in total. The predicted molar refractivity (Wildman–Crippen MR) is 69.1 cm³/mol. The molecule has 18 heavy (non-hydrogen) atoms. The summed E-state index contributed by atoms with van der Waals surface area (Å²) < 4.78 is 13.9. The summed E-state index contributed by atoms with van der Waals surface area (Å²) in [5.74, 6) is 0.162. The van der Waals surface area contributed by atoms with Crippen LogP contribution in [0.2, 0.25) is 5.02 Å². The van der Waals surface area contributed by atoms with E-state index >= 15 is 0 Å². The van der Waals surface area contributed by atoms with E-state index in [0.29, 0.717) is 16.4 Å². The minimum Gasteiger partial charge on any atom is -0.307 e. The van der Waals surface area contributed by atoms with E-state index in [1.165, 1.54) is 6.07 Å². The standard InChI is InChI=1S/C13H13ClFN3/c1-8-6-17-13(18-7-8)12(16-2)10-4-3-9(14)5-11(10)15/h3-7,12,16H,1-2H3. The second-order valence-corrected chi connectivity index (χ2v) is 4.44. The van der Waals surface area contributed by atoms with E-state index in [-0.39, 0.29) is 11.9 Å². The van der Waals surface area contributed by atoms with Crippen molar-refractivity contribution in [2.24, 2.45) is 0 Å². The van der Waals surface area contributed by atoms with Crippen molar-refractivity contribution in [3.8, 4) is 0 Å². The van der Waals surface area contributed by atoms with Gasteiger partial charge in [0.1, 0.15) is 11.6 Å². The molecule has 0 amide bonds. The van der Waals surface area contributed by atoms with Gasteiger partial charge in [0.05, 0.1) is 6.04 Å². The molecule has 0 fully saturated rings. The number of hydrogen-bond donors (Lipinski definition) is 1. The first kappa shape index (κ1) is 12.9. The lowest BCUT2D eigenvalue weighted by Gasteiger charge is -2.16. The predicted octanol–water partition coefficient (Wildman–Crippen LogP) is 2.89. The average molecular weight is 266 g/mol. The number of halogens is 2. The van der Waals surface area contributed by atoms with Gasteiger partial charge < -0.3 is 5.32 Å². The molecule has 0 saturated carbocycles. The highest BCUT2D eigenvalue weighted by molar-refractivity contribution is 6.30. The fourth-order valence-electron chi connectivity index (χ4n) is 1.71. The van der Waals surface area contributed by atoms with Gasteiger partial charge in [0.25, 0.3) is 0 Å². The molecular weight excluding hydrogens is 253 g/mol. The summed E-state index contributed by atoms with van der Waals surface area (Å²) in [5, 5.41) is 3.38. The smallest absolute Gasteiger partial charge is 0.149 e. The molecule has 1 N–H and O–H groups in total. The lowest BCUT2D eigenvalue weighted by Crippen LogP contribution is -2.21. The number of hydrogen-bond acceptors (Lipinski definition) is 3. The molecule has 0 aliphatic rings. The Hall–Kier alpha value is -1.52. The third kappa shape index (κ3) is 2.66. The quantitative estimate of drug-likeness (QED) is 0.927. The minimum absolute atomic E-state index is 0.369. The molecule has 1 heterocycles. The van der Waals surface area contributed by atoms with Crippen molar-refractivity contribution in [2.45, 2.75) is 13.0 Å². The van der Waals surface area contributed by atoms with E-state index in [9.17, 15) is 4.39 Å². The van der Waals surface area contributed by atoms with Gasteiger partial charge in [0.2, 0.25) is 0 Å². The van der Waals surface area contributed by atoms with E-state index in [4.69, 9.17) is 11.6 Å². The van der Waals surface area contributed by atoms with Crippen molar-refractivity contribution in [3.05, 3.63) is 58.4 Å². The SMILES string of the molecule is CNC(c1ncc(C)cn1)c1ccc(Cl)cc1F. The van der Waals surface area contributed by atoms with Crippen LogP contribution in [0.5, 0.6) is 0 Å². The van der Waals surface area contributed by atoms with Crippen molar-refractivity contribution in [1.82, 2.24) is 15.3 Å². The Morgan fingerprint density at radius 3 is 2.50 bits per heavy atom. The van der Waals surface area contributed by atoms with Gasteiger partial charge in [-0.3, -0.25) is 0 Å². The highest BCUT2D eigenvalue weighted by Gasteiger charge is 2.18. The van der Waals surface area contributed by atoms with Crippen LogP contribution in [0, 0.1) is 12.7 Å². The van der Waals surface area contributed by atoms with Gasteiger partial charge in [-0.25, -0.2) is 14.4 Å². The minimum atomic E-state index is -0.386. The second-order valence-electron chi connectivity index (χ2n) is 4.01. The molecule has 0 spiro atoms. The zero-order chi connectivity index (χ0) is 13.1. The first-order valence-corrected chi connectivity index (χ1v) is 5.90. The van der Waals surface area contributed by atoms with Crippen LogP contribution < -0.4 is 5.32 Å². The normalized spacial score (nSPS) is 12.4. The monoisotopic (exact) mass is 265 g/mol. The lowest BCUT2D eigenvalue weighted by molar-refractivity contribution is 0.562. The Bertz CT molecular complexity index is 542. The van der Waals surface area contributed by atoms with Crippen LogP contribution in [-0.4, -0.2) is 17.0 Å². The molecule has 94 valence electrons. The fourth-order valence-corrected chi connectivity index (χ4v) is 1.87. The number of nitrogens with zero attached hydrogens (tertiary/aromatic N) is 2. The van der Waals surface area contributed by atoms with Crippen molar-refractivity contribution < 1.29 is 4.39 Å². The van der Waals surface area contributed by atoms with Gasteiger partial charge in [0, 0.05) is 23.0 Å². The van der Waals surface area contributed by atoms with Crippen LogP contribution in [0.4, 0.5) is 4.39 Å². The van der Waals surface area contributed by atoms with Gasteiger partial charge >= 0.3 is 0 Å². The van der Waals surface area contributed by atoms with E-state index in [1.54, 1.807) is 31.6 Å². The summed E-state index contributed by atoms with van der Waals surface area (Å²) in [6.07, 6.45) is 3.42. The maximum atomic E-state index is 13.9. The number of aryl methyl sites for hydroxylation is 1. The molecule has 1 aromatic carbocycles. The number of nitrogens with one attached hydrogen (secondary N) is 1. The maximum Gasteiger partial charge on any atom is 0.149 e. The summed E-state index contributed by atoms with van der Waals surface area (Å²) in [6, 6.07) is 4.19. The van der Waals surface area contributed by atoms with Gasteiger partial charge in [-0.15, -0.1) is 0 Å².